The Morgan fingerprint density at radius 1 is 0.301 bits per heavy atom. The minimum Gasteiger partial charge on any atom is -0.744 e. The number of hydrogen-bond acceptors (Lipinski definition) is 14. The number of hydrogen-bond donors (Lipinski definition) is 0. The fourth-order valence-corrected chi connectivity index (χ4v) is 11.9. The molecule has 2 aromatic carbocycles. The number of unbranched alkanes of at least 4 members (excludes halogenated alkanes) is 36. The van der Waals surface area contributed by atoms with Crippen molar-refractivity contribution in [3.8, 4) is 0 Å². The van der Waals surface area contributed by atoms with Crippen LogP contribution in [0, 0.1) is 0 Å². The van der Waals surface area contributed by atoms with Crippen molar-refractivity contribution in [2.24, 2.45) is 0 Å². The molecule has 0 aromatic heterocycles. The van der Waals surface area contributed by atoms with Crippen LogP contribution in [0.5, 0.6) is 0 Å². The van der Waals surface area contributed by atoms with Crippen molar-refractivity contribution in [3.05, 3.63) is 107 Å². The van der Waals surface area contributed by atoms with E-state index >= 15 is 0 Å². The van der Waals surface area contributed by atoms with Gasteiger partial charge in [-0.15, -0.1) is 0 Å². The Balaban J connectivity index is 0.00000180. The first kappa shape index (κ1) is 89.4. The first-order chi connectivity index (χ1) is 44.6. The second kappa shape index (κ2) is 61.9. The first-order valence-electron chi connectivity index (χ1n) is 36.1. The molecule has 0 heterocycles. The van der Waals surface area contributed by atoms with Gasteiger partial charge in [-0.3, -0.25) is 0 Å². The molecule has 2 aromatic rings. The van der Waals surface area contributed by atoms with Crippen molar-refractivity contribution in [2.45, 2.75) is 320 Å². The van der Waals surface area contributed by atoms with E-state index in [1.165, 1.54) is 127 Å². The Bertz CT molecular complexity index is 2400. The van der Waals surface area contributed by atoms with Gasteiger partial charge < -0.3 is 28.1 Å². The third-order valence-electron chi connectivity index (χ3n) is 16.0. The summed E-state index contributed by atoms with van der Waals surface area (Å²) in [7, 11) is -10.0. The van der Waals surface area contributed by atoms with Gasteiger partial charge >= 0.3 is 61.6 Å². The van der Waals surface area contributed by atoms with Crippen molar-refractivity contribution in [1.29, 1.82) is 0 Å². The minimum atomic E-state index is -5.01. The van der Waals surface area contributed by atoms with Crippen LogP contribution < -0.4 is 0 Å². The molecule has 0 aliphatic rings. The van der Waals surface area contributed by atoms with Gasteiger partial charge in [0, 0.05) is 0 Å². The molecule has 524 valence electrons. The molecule has 0 aliphatic heterocycles. The van der Waals surface area contributed by atoms with E-state index in [1.54, 1.807) is 0 Å². The van der Waals surface area contributed by atoms with E-state index in [0.29, 0.717) is 25.7 Å². The normalized spacial score (nSPS) is 11.8. The van der Waals surface area contributed by atoms with Gasteiger partial charge in [-0.1, -0.05) is 243 Å². The number of carbonyl (C=O) groups is 4. The molecule has 0 saturated carbocycles. The van der Waals surface area contributed by atoms with Crippen LogP contribution in [0.15, 0.2) is 94.8 Å². The van der Waals surface area contributed by atoms with Crippen molar-refractivity contribution < 1.29 is 64.1 Å². The average molecular weight is 1360 g/mol. The summed E-state index contributed by atoms with van der Waals surface area (Å²) in [5.74, 6) is -3.67. The van der Waals surface area contributed by atoms with Crippen molar-refractivity contribution in [2.75, 3.05) is 26.4 Å². The topological polar surface area (TPSA) is 220 Å². The maximum atomic E-state index is 12.9. The third-order valence-corrected chi connectivity index (χ3v) is 17.8. The van der Waals surface area contributed by atoms with E-state index < -0.39 is 65.0 Å². The number of ether oxygens (including phenoxy) is 4. The van der Waals surface area contributed by atoms with Gasteiger partial charge in [-0.2, -0.15) is 0 Å². The molecule has 0 aliphatic carbocycles. The predicted molar refractivity (Wildman–Crippen MR) is 378 cm³/mol. The van der Waals surface area contributed by atoms with Crippen LogP contribution >= 0.6 is 0 Å². The summed E-state index contributed by atoms with van der Waals surface area (Å²) >= 11 is 0. The van der Waals surface area contributed by atoms with Crippen molar-refractivity contribution in [3.63, 3.8) is 0 Å². The van der Waals surface area contributed by atoms with E-state index in [0.717, 1.165) is 166 Å². The Kier molecular flexibility index (Phi) is 59.5. The molecule has 0 N–H and O–H groups in total. The maximum Gasteiger partial charge on any atom is 2.00 e. The van der Waals surface area contributed by atoms with E-state index in [1.807, 2.05) is 0 Å². The van der Waals surface area contributed by atoms with Crippen molar-refractivity contribution >= 4 is 81.9 Å². The third kappa shape index (κ3) is 48.7. The molecular formula is C76H122CaO14S2. The molecule has 0 fully saturated rings. The van der Waals surface area contributed by atoms with Gasteiger partial charge in [-0.25, -0.2) is 36.0 Å². The van der Waals surface area contributed by atoms with E-state index in [-0.39, 0.29) is 75.3 Å². The minimum absolute atomic E-state index is 0. The Morgan fingerprint density at radius 2 is 0.495 bits per heavy atom. The zero-order valence-electron chi connectivity index (χ0n) is 58.3. The second-order valence-electron chi connectivity index (χ2n) is 24.3. The zero-order valence-corrected chi connectivity index (χ0v) is 62.1. The molecule has 93 heavy (non-hydrogen) atoms. The van der Waals surface area contributed by atoms with Gasteiger partial charge in [0.15, 0.2) is 0 Å². The second-order valence-corrected chi connectivity index (χ2v) is 27.0. The molecular weight excluding hydrogens is 1240 g/mol. The van der Waals surface area contributed by atoms with Crippen LogP contribution in [0.25, 0.3) is 0 Å². The van der Waals surface area contributed by atoms with Crippen LogP contribution in [0.3, 0.4) is 0 Å². The molecule has 0 atom stereocenters. The number of esters is 4. The first-order valence-corrected chi connectivity index (χ1v) is 38.9. The summed E-state index contributed by atoms with van der Waals surface area (Å²) in [6.07, 6.45) is 66.6. The molecule has 14 nitrogen and oxygen atoms in total. The quantitative estimate of drug-likeness (QED) is 0.0150. The summed E-state index contributed by atoms with van der Waals surface area (Å²) in [4.78, 5) is 50.0. The fourth-order valence-electron chi connectivity index (χ4n) is 10.5. The number of rotatable bonds is 58. The molecule has 0 amide bonds. The van der Waals surface area contributed by atoms with Crippen molar-refractivity contribution in [1.82, 2.24) is 0 Å². The van der Waals surface area contributed by atoms with Crippen LogP contribution in [0.4, 0.5) is 0 Å². The van der Waals surface area contributed by atoms with Crippen LogP contribution in [0.1, 0.15) is 352 Å². The molecule has 2 rings (SSSR count). The number of carbonyl (C=O) groups excluding carboxylic acids is 4. The molecule has 0 unspecified atom stereocenters. The molecule has 0 saturated heterocycles. The molecule has 0 bridgehead atoms. The summed E-state index contributed by atoms with van der Waals surface area (Å²) in [5, 5.41) is 0. The van der Waals surface area contributed by atoms with Gasteiger partial charge in [-0.05, 0) is 153 Å². The van der Waals surface area contributed by atoms with Crippen LogP contribution in [-0.2, 0) is 39.2 Å². The summed E-state index contributed by atoms with van der Waals surface area (Å²) in [6, 6.07) is 7.17. The molecule has 0 spiro atoms. The zero-order chi connectivity index (χ0) is 67.4. The standard InChI is InChI=1S/2C38H62O7S.Ca/c2*1-3-5-7-9-11-13-15-17-19-21-23-25-27-32-44-37(39)34-30-29-31-35(46(41,42)43)36(34)38(40)45-33-28-26-24-22-20-18-16-14-12-10-8-6-4-2;/h2*13-16,29-31H,3-12,17-28,32-33H2,1-2H3,(H,41,42,43);/q;;+2/p-2/b2*15-13+,16-14+;. The molecule has 17 heteroatoms. The Labute approximate surface area is 595 Å². The van der Waals surface area contributed by atoms with Gasteiger partial charge in [0.05, 0.1) is 58.5 Å². The monoisotopic (exact) mass is 1360 g/mol. The smallest absolute Gasteiger partial charge is 0.744 e. The predicted octanol–water partition coefficient (Wildman–Crippen LogP) is 20.9. The Hall–Kier alpha value is -3.64. The van der Waals surface area contributed by atoms with Gasteiger partial charge in [0.2, 0.25) is 0 Å². The number of allylic oxidation sites excluding steroid dienone is 8. The van der Waals surface area contributed by atoms with Crippen LogP contribution in [0.2, 0.25) is 0 Å². The average Bonchev–Trinajstić information content (AvgIpc) is 0.820. The summed E-state index contributed by atoms with van der Waals surface area (Å²) in [5.41, 5.74) is -1.60. The maximum absolute atomic E-state index is 12.9. The fraction of sp³-hybridized carbons (Fsp3) is 0.684. The van der Waals surface area contributed by atoms with E-state index in [2.05, 4.69) is 76.3 Å². The Morgan fingerprint density at radius 3 is 0.710 bits per heavy atom. The van der Waals surface area contributed by atoms with Gasteiger partial charge in [0.25, 0.3) is 0 Å². The summed E-state index contributed by atoms with van der Waals surface area (Å²) in [6.45, 7) is 9.32. The van der Waals surface area contributed by atoms with Crippen LogP contribution in [-0.4, -0.2) is 114 Å². The molecule has 0 radical (unpaired) electrons. The van der Waals surface area contributed by atoms with E-state index in [4.69, 9.17) is 18.9 Å². The van der Waals surface area contributed by atoms with Gasteiger partial charge in [0.1, 0.15) is 20.2 Å². The summed E-state index contributed by atoms with van der Waals surface area (Å²) < 4.78 is 92.8. The number of benzene rings is 2. The SMILES string of the molecule is CCCCCC/C=C/CCCCCCCOC(=O)c1cccc(S(=O)(=O)[O-])c1C(=O)OCCCCCCC/C=C/CCCCCC.CCCCCC/C=C/CCCCCCCOC(=O)c1cccc(S(=O)(=O)[O-])c1C(=O)OCCCCCCC/C=C/CCCCCC.[Ca+2]. The van der Waals surface area contributed by atoms with E-state index in [9.17, 15) is 45.1 Å². The largest absolute Gasteiger partial charge is 2.00 e.